The second-order valence-electron chi connectivity index (χ2n) is 12.9. The third-order valence-corrected chi connectivity index (χ3v) is 11.2. The Kier molecular flexibility index (Phi) is 6.92. The van der Waals surface area contributed by atoms with E-state index in [2.05, 4.69) is 147 Å². The fourth-order valence-electron chi connectivity index (χ4n) is 7.82. The maximum absolute atomic E-state index is 5.52. The molecule has 0 amide bonds. The van der Waals surface area contributed by atoms with Crippen molar-refractivity contribution in [1.29, 1.82) is 0 Å². The zero-order valence-corrected chi connectivity index (χ0v) is 29.1. The summed E-state index contributed by atoms with van der Waals surface area (Å²) in [7, 11) is 0. The van der Waals surface area contributed by atoms with Gasteiger partial charge in [0, 0.05) is 58.7 Å². The highest BCUT2D eigenvalue weighted by atomic mass is 32.1. The fraction of sp³-hybridized carbons (Fsp3) is 0.0213. The summed E-state index contributed by atoms with van der Waals surface area (Å²) >= 11 is 1.84. The molecule has 5 heteroatoms. The third-order valence-electron chi connectivity index (χ3n) is 10.1. The van der Waals surface area contributed by atoms with E-state index in [4.69, 9.17) is 11.4 Å². The Morgan fingerprint density at radius 1 is 0.635 bits per heavy atom. The van der Waals surface area contributed by atoms with Crippen LogP contribution in [0.3, 0.4) is 0 Å². The lowest BCUT2D eigenvalue weighted by atomic mass is 10.0. The van der Waals surface area contributed by atoms with Gasteiger partial charge in [-0.25, -0.2) is 4.98 Å². The first-order valence-corrected chi connectivity index (χ1v) is 18.1. The number of nitrogens with zero attached hydrogens (tertiary/aromatic N) is 4. The molecule has 0 spiro atoms. The van der Waals surface area contributed by atoms with Crippen molar-refractivity contribution in [2.75, 3.05) is 0 Å². The smallest absolute Gasteiger partial charge is 0.0893 e. The first kappa shape index (κ1) is 30.1. The van der Waals surface area contributed by atoms with Gasteiger partial charge in [-0.2, -0.15) is 0 Å². The number of thiophene rings is 1. The fourth-order valence-corrected chi connectivity index (χ4v) is 8.96. The summed E-state index contributed by atoms with van der Waals surface area (Å²) in [6.45, 7) is 1.98. The van der Waals surface area contributed by atoms with Crippen LogP contribution < -0.4 is 0 Å². The molecule has 0 aliphatic carbocycles. The Hall–Kier alpha value is -6.74. The molecule has 0 aliphatic heterocycles. The average Bonchev–Trinajstić information content (AvgIpc) is 3.85. The number of hydrogen-bond donors (Lipinski definition) is 0. The number of hydrogen-bond acceptors (Lipinski definition) is 3. The Morgan fingerprint density at radius 2 is 1.33 bits per heavy atom. The minimum atomic E-state index is 0.776. The van der Waals surface area contributed by atoms with E-state index in [1.807, 2.05) is 36.6 Å². The number of benzene rings is 6. The highest BCUT2D eigenvalue weighted by Gasteiger charge is 2.21. The van der Waals surface area contributed by atoms with Gasteiger partial charge in [0.25, 0.3) is 0 Å². The maximum Gasteiger partial charge on any atom is 0.0893 e. The average molecular weight is 683 g/mol. The SMILES string of the molecule is C#C/C=C\C(=C/C)c1cncc(-c2ccc3c4c5c6ccccc6n(-c6ccccc6)c5ccc4n(-c4ccc5c(c4)sc4ccccc45)c3c2)n1. The van der Waals surface area contributed by atoms with Gasteiger partial charge in [-0.15, -0.1) is 17.8 Å². The van der Waals surface area contributed by atoms with E-state index in [1.165, 1.54) is 52.8 Å². The van der Waals surface area contributed by atoms with Crippen molar-refractivity contribution in [1.82, 2.24) is 19.1 Å². The van der Waals surface area contributed by atoms with Crippen molar-refractivity contribution in [2.45, 2.75) is 6.92 Å². The second kappa shape index (κ2) is 11.9. The molecule has 0 N–H and O–H groups in total. The number of aromatic nitrogens is 4. The van der Waals surface area contributed by atoms with Crippen LogP contribution in [-0.4, -0.2) is 19.1 Å². The zero-order valence-electron chi connectivity index (χ0n) is 28.3. The molecule has 0 bridgehead atoms. The van der Waals surface area contributed by atoms with Gasteiger partial charge in [-0.3, -0.25) is 4.98 Å². The third kappa shape index (κ3) is 4.55. The van der Waals surface area contributed by atoms with Gasteiger partial charge in [0.2, 0.25) is 0 Å². The van der Waals surface area contributed by atoms with Crippen LogP contribution in [-0.2, 0) is 0 Å². The van der Waals surface area contributed by atoms with Crippen molar-refractivity contribution >= 4 is 80.7 Å². The molecule has 0 fully saturated rings. The van der Waals surface area contributed by atoms with E-state index in [0.717, 1.165) is 44.9 Å². The van der Waals surface area contributed by atoms with Gasteiger partial charge in [-0.05, 0) is 79.2 Å². The van der Waals surface area contributed by atoms with Crippen LogP contribution >= 0.6 is 11.3 Å². The lowest BCUT2D eigenvalue weighted by Crippen LogP contribution is -1.95. The van der Waals surface area contributed by atoms with Gasteiger partial charge >= 0.3 is 0 Å². The standard InChI is InChI=1S/C47H30N4S/c1-3-5-13-30(4-2)38-28-48-29-39(49-38)31-20-22-37-43(26-31)51(33-21-23-35-34-16-10-12-19-44(34)52-45(35)27-33)42-25-24-41-46(47(37)42)36-17-9-11-18-40(36)50(41)32-14-7-6-8-15-32/h1,4-29H,2H3/b13-5-,30-4+. The van der Waals surface area contributed by atoms with Crippen molar-refractivity contribution in [3.63, 3.8) is 0 Å². The normalized spacial score (nSPS) is 12.3. The van der Waals surface area contributed by atoms with Gasteiger partial charge in [-0.1, -0.05) is 84.8 Å². The van der Waals surface area contributed by atoms with Gasteiger partial charge in [0.1, 0.15) is 0 Å². The van der Waals surface area contributed by atoms with Crippen LogP contribution in [0.1, 0.15) is 12.6 Å². The number of terminal acetylenes is 1. The zero-order chi connectivity index (χ0) is 34.8. The Balaban J connectivity index is 1.29. The minimum absolute atomic E-state index is 0.776. The summed E-state index contributed by atoms with van der Waals surface area (Å²) in [4.78, 5) is 9.67. The summed E-state index contributed by atoms with van der Waals surface area (Å²) in [5.74, 6) is 2.58. The maximum atomic E-state index is 5.52. The summed E-state index contributed by atoms with van der Waals surface area (Å²) in [6.07, 6.45) is 14.7. The summed E-state index contributed by atoms with van der Waals surface area (Å²) < 4.78 is 7.38. The molecule has 4 nitrogen and oxygen atoms in total. The minimum Gasteiger partial charge on any atom is -0.309 e. The van der Waals surface area contributed by atoms with Crippen molar-refractivity contribution in [2.24, 2.45) is 0 Å². The van der Waals surface area contributed by atoms with Gasteiger partial charge in [0.05, 0.1) is 45.8 Å². The molecule has 4 aromatic heterocycles. The summed E-state index contributed by atoms with van der Waals surface area (Å²) in [5, 5.41) is 7.47. The number of para-hydroxylation sites is 2. The first-order valence-electron chi connectivity index (χ1n) is 17.3. The van der Waals surface area contributed by atoms with E-state index in [1.54, 1.807) is 12.3 Å². The second-order valence-corrected chi connectivity index (χ2v) is 14.0. The highest BCUT2D eigenvalue weighted by Crippen LogP contribution is 2.44. The monoisotopic (exact) mass is 682 g/mol. The van der Waals surface area contributed by atoms with Crippen LogP contribution in [0.25, 0.3) is 92.0 Å². The van der Waals surface area contributed by atoms with Crippen LogP contribution in [0.5, 0.6) is 0 Å². The predicted molar refractivity (Wildman–Crippen MR) is 221 cm³/mol. The van der Waals surface area contributed by atoms with E-state index >= 15 is 0 Å². The summed E-state index contributed by atoms with van der Waals surface area (Å²) in [6, 6.07) is 46.3. The van der Waals surface area contributed by atoms with Crippen molar-refractivity contribution in [3.8, 4) is 35.0 Å². The number of rotatable bonds is 5. The molecule has 0 aliphatic rings. The molecule has 6 aromatic carbocycles. The van der Waals surface area contributed by atoms with Crippen LogP contribution in [0.2, 0.25) is 0 Å². The van der Waals surface area contributed by atoms with Gasteiger partial charge in [0.15, 0.2) is 0 Å². The largest absolute Gasteiger partial charge is 0.309 e. The molecule has 0 radical (unpaired) electrons. The molecular weight excluding hydrogens is 653 g/mol. The molecule has 0 saturated heterocycles. The lowest BCUT2D eigenvalue weighted by Gasteiger charge is -2.10. The number of fused-ring (bicyclic) bond motifs is 10. The Bertz CT molecular complexity index is 3150. The molecule has 4 heterocycles. The Labute approximate surface area is 304 Å². The number of allylic oxidation sites excluding steroid dienone is 4. The summed E-state index contributed by atoms with van der Waals surface area (Å²) in [5.41, 5.74) is 10.4. The van der Waals surface area contributed by atoms with Crippen molar-refractivity contribution < 1.29 is 0 Å². The Morgan fingerprint density at radius 3 is 2.13 bits per heavy atom. The van der Waals surface area contributed by atoms with E-state index in [0.29, 0.717) is 0 Å². The molecule has 10 rings (SSSR count). The lowest BCUT2D eigenvalue weighted by molar-refractivity contribution is 1.17. The quantitative estimate of drug-likeness (QED) is 0.134. The van der Waals surface area contributed by atoms with Crippen molar-refractivity contribution in [3.05, 3.63) is 164 Å². The van der Waals surface area contributed by atoms with E-state index in [-0.39, 0.29) is 0 Å². The van der Waals surface area contributed by atoms with Gasteiger partial charge < -0.3 is 9.13 Å². The molecule has 10 aromatic rings. The van der Waals surface area contributed by atoms with E-state index < -0.39 is 0 Å². The van der Waals surface area contributed by atoms with Crippen LogP contribution in [0.15, 0.2) is 158 Å². The molecule has 0 unspecified atom stereocenters. The predicted octanol–water partition coefficient (Wildman–Crippen LogP) is 12.3. The molecule has 52 heavy (non-hydrogen) atoms. The molecular formula is C47H30N4S. The molecule has 0 atom stereocenters. The highest BCUT2D eigenvalue weighted by molar-refractivity contribution is 7.25. The first-order chi connectivity index (χ1) is 25.7. The van der Waals surface area contributed by atoms with E-state index in [9.17, 15) is 0 Å². The molecule has 0 saturated carbocycles. The van der Waals surface area contributed by atoms with Crippen LogP contribution in [0.4, 0.5) is 0 Å². The van der Waals surface area contributed by atoms with Crippen LogP contribution in [0, 0.1) is 12.3 Å². The molecule has 244 valence electrons. The topological polar surface area (TPSA) is 35.6 Å².